The zero-order valence-electron chi connectivity index (χ0n) is 12.9. The van der Waals surface area contributed by atoms with E-state index in [1.54, 1.807) is 4.68 Å². The Hall–Kier alpha value is -0.580. The molecule has 114 valence electrons. The Morgan fingerprint density at radius 3 is 2.85 bits per heavy atom. The Bertz CT molecular complexity index is 445. The van der Waals surface area contributed by atoms with Crippen LogP contribution in [0.5, 0.6) is 0 Å². The van der Waals surface area contributed by atoms with Gasteiger partial charge in [-0.3, -0.25) is 4.68 Å². The molecule has 0 saturated carbocycles. The van der Waals surface area contributed by atoms with Crippen LogP contribution in [0.15, 0.2) is 0 Å². The Balaban J connectivity index is 1.87. The lowest BCUT2D eigenvalue weighted by molar-refractivity contribution is -0.00957. The van der Waals surface area contributed by atoms with Crippen LogP contribution in [0.25, 0.3) is 0 Å². The molecule has 1 aromatic heterocycles. The van der Waals surface area contributed by atoms with Crippen molar-refractivity contribution in [3.63, 3.8) is 0 Å². The summed E-state index contributed by atoms with van der Waals surface area (Å²) in [6.45, 7) is 8.15. The third-order valence-corrected chi connectivity index (χ3v) is 4.41. The van der Waals surface area contributed by atoms with Crippen molar-refractivity contribution in [3.8, 4) is 0 Å². The molecule has 0 aliphatic carbocycles. The number of hydrogen-bond donors (Lipinski definition) is 1. The number of aryl methyl sites for hydroxylation is 2. The zero-order valence-corrected chi connectivity index (χ0v) is 13.7. The Kier molecular flexibility index (Phi) is 5.47. The van der Waals surface area contributed by atoms with E-state index in [1.807, 2.05) is 14.0 Å². The molecule has 0 spiro atoms. The first kappa shape index (κ1) is 15.8. The summed E-state index contributed by atoms with van der Waals surface area (Å²) in [5, 5.41) is 8.70. The largest absolute Gasteiger partial charge is 0.378 e. The molecule has 0 unspecified atom stereocenters. The summed E-state index contributed by atoms with van der Waals surface area (Å²) in [5.41, 5.74) is 2.12. The fraction of sp³-hybridized carbons (Fsp3) is 0.800. The van der Waals surface area contributed by atoms with Crippen molar-refractivity contribution in [3.05, 3.63) is 16.4 Å². The van der Waals surface area contributed by atoms with Crippen LogP contribution in [0.4, 0.5) is 0 Å². The standard InChI is InChI=1S/C15H26ClN3O/c1-10(2)7-13-8-12(5-6-20-13)17-9-14-11(3)18-19(4)15(14)16/h10,12-13,17H,5-9H2,1-4H3/t12-,13-/m1/s1. The lowest BCUT2D eigenvalue weighted by atomic mass is 9.96. The van der Waals surface area contributed by atoms with Gasteiger partial charge in [-0.15, -0.1) is 0 Å². The van der Waals surface area contributed by atoms with Gasteiger partial charge in [0, 0.05) is 31.8 Å². The molecule has 1 saturated heterocycles. The molecule has 1 aromatic rings. The number of nitrogens with one attached hydrogen (secondary N) is 1. The van der Waals surface area contributed by atoms with Gasteiger partial charge in [-0.05, 0) is 32.1 Å². The van der Waals surface area contributed by atoms with Crippen molar-refractivity contribution < 1.29 is 4.74 Å². The Labute approximate surface area is 126 Å². The van der Waals surface area contributed by atoms with Gasteiger partial charge >= 0.3 is 0 Å². The topological polar surface area (TPSA) is 39.1 Å². The second-order valence-electron chi connectivity index (χ2n) is 6.20. The van der Waals surface area contributed by atoms with E-state index in [4.69, 9.17) is 16.3 Å². The van der Waals surface area contributed by atoms with Crippen LogP contribution in [-0.2, 0) is 18.3 Å². The smallest absolute Gasteiger partial charge is 0.131 e. The van der Waals surface area contributed by atoms with Crippen LogP contribution in [0.1, 0.15) is 44.4 Å². The first-order valence-electron chi connectivity index (χ1n) is 7.50. The van der Waals surface area contributed by atoms with E-state index in [0.717, 1.165) is 48.8 Å². The first-order chi connectivity index (χ1) is 9.47. The monoisotopic (exact) mass is 299 g/mol. The Morgan fingerprint density at radius 1 is 1.50 bits per heavy atom. The molecule has 1 aliphatic rings. The van der Waals surface area contributed by atoms with Gasteiger partial charge in [-0.1, -0.05) is 25.4 Å². The summed E-state index contributed by atoms with van der Waals surface area (Å²) in [7, 11) is 1.88. The quantitative estimate of drug-likeness (QED) is 0.908. The molecule has 2 rings (SSSR count). The third kappa shape index (κ3) is 3.96. The van der Waals surface area contributed by atoms with Crippen LogP contribution in [0.3, 0.4) is 0 Å². The minimum Gasteiger partial charge on any atom is -0.378 e. The molecule has 1 fully saturated rings. The molecular formula is C15H26ClN3O. The predicted molar refractivity (Wildman–Crippen MR) is 82.0 cm³/mol. The van der Waals surface area contributed by atoms with Gasteiger partial charge in [0.2, 0.25) is 0 Å². The van der Waals surface area contributed by atoms with E-state index in [-0.39, 0.29) is 0 Å². The molecule has 2 heterocycles. The molecule has 0 aromatic carbocycles. The second kappa shape index (κ2) is 6.92. The van der Waals surface area contributed by atoms with Gasteiger partial charge in [0.05, 0.1) is 11.8 Å². The van der Waals surface area contributed by atoms with E-state index in [1.165, 1.54) is 0 Å². The molecule has 5 heteroatoms. The van der Waals surface area contributed by atoms with Gasteiger partial charge in [0.15, 0.2) is 0 Å². The number of halogens is 1. The molecule has 4 nitrogen and oxygen atoms in total. The summed E-state index contributed by atoms with van der Waals surface area (Å²) in [6.07, 6.45) is 3.71. The highest BCUT2D eigenvalue weighted by Crippen LogP contribution is 2.22. The first-order valence-corrected chi connectivity index (χ1v) is 7.88. The molecule has 0 amide bonds. The van der Waals surface area contributed by atoms with Crippen molar-refractivity contribution >= 4 is 11.6 Å². The van der Waals surface area contributed by atoms with Crippen LogP contribution in [0.2, 0.25) is 5.15 Å². The minimum atomic E-state index is 0.395. The van der Waals surface area contributed by atoms with Crippen LogP contribution >= 0.6 is 11.6 Å². The van der Waals surface area contributed by atoms with Gasteiger partial charge < -0.3 is 10.1 Å². The van der Waals surface area contributed by atoms with Crippen LogP contribution in [0, 0.1) is 12.8 Å². The lowest BCUT2D eigenvalue weighted by Gasteiger charge is -2.31. The maximum Gasteiger partial charge on any atom is 0.131 e. The summed E-state index contributed by atoms with van der Waals surface area (Å²) in [5.74, 6) is 0.689. The Morgan fingerprint density at radius 2 is 2.25 bits per heavy atom. The van der Waals surface area contributed by atoms with E-state index in [2.05, 4.69) is 24.3 Å². The predicted octanol–water partition coefficient (Wildman–Crippen LogP) is 3.07. The molecule has 2 atom stereocenters. The second-order valence-corrected chi connectivity index (χ2v) is 6.56. The minimum absolute atomic E-state index is 0.395. The average Bonchev–Trinajstić information content (AvgIpc) is 2.61. The maximum absolute atomic E-state index is 6.27. The fourth-order valence-corrected chi connectivity index (χ4v) is 3.12. The van der Waals surface area contributed by atoms with Crippen LogP contribution < -0.4 is 5.32 Å². The summed E-state index contributed by atoms with van der Waals surface area (Å²) >= 11 is 6.27. The zero-order chi connectivity index (χ0) is 14.7. The van der Waals surface area contributed by atoms with E-state index in [9.17, 15) is 0 Å². The van der Waals surface area contributed by atoms with Crippen molar-refractivity contribution in [2.24, 2.45) is 13.0 Å². The van der Waals surface area contributed by atoms with E-state index < -0.39 is 0 Å². The number of aromatic nitrogens is 2. The molecule has 20 heavy (non-hydrogen) atoms. The highest BCUT2D eigenvalue weighted by atomic mass is 35.5. The molecular weight excluding hydrogens is 274 g/mol. The molecule has 0 radical (unpaired) electrons. The maximum atomic E-state index is 6.27. The summed E-state index contributed by atoms with van der Waals surface area (Å²) < 4.78 is 7.58. The van der Waals surface area contributed by atoms with Crippen molar-refractivity contribution in [1.29, 1.82) is 0 Å². The molecule has 1 N–H and O–H groups in total. The number of rotatable bonds is 5. The SMILES string of the molecule is Cc1nn(C)c(Cl)c1CN[C@@H]1CCO[C@H](CC(C)C)C1. The third-order valence-electron chi connectivity index (χ3n) is 3.94. The summed E-state index contributed by atoms with van der Waals surface area (Å²) in [4.78, 5) is 0. The van der Waals surface area contributed by atoms with Gasteiger partial charge in [0.1, 0.15) is 5.15 Å². The summed E-state index contributed by atoms with van der Waals surface area (Å²) in [6, 6.07) is 0.517. The van der Waals surface area contributed by atoms with Crippen molar-refractivity contribution in [1.82, 2.24) is 15.1 Å². The average molecular weight is 300 g/mol. The number of ether oxygens (including phenoxy) is 1. The van der Waals surface area contributed by atoms with Gasteiger partial charge in [-0.25, -0.2) is 0 Å². The number of hydrogen-bond acceptors (Lipinski definition) is 3. The van der Waals surface area contributed by atoms with Crippen LogP contribution in [-0.4, -0.2) is 28.5 Å². The van der Waals surface area contributed by atoms with Crippen molar-refractivity contribution in [2.45, 2.75) is 58.7 Å². The highest BCUT2D eigenvalue weighted by Gasteiger charge is 2.23. The molecule has 0 bridgehead atoms. The normalized spacial score (nSPS) is 23.5. The van der Waals surface area contributed by atoms with E-state index >= 15 is 0 Å². The number of nitrogens with zero attached hydrogens (tertiary/aromatic N) is 2. The fourth-order valence-electron chi connectivity index (χ4n) is 2.88. The van der Waals surface area contributed by atoms with Crippen molar-refractivity contribution in [2.75, 3.05) is 6.61 Å². The van der Waals surface area contributed by atoms with Gasteiger partial charge in [0.25, 0.3) is 0 Å². The van der Waals surface area contributed by atoms with E-state index in [0.29, 0.717) is 18.1 Å². The van der Waals surface area contributed by atoms with Gasteiger partial charge in [-0.2, -0.15) is 5.10 Å². The highest BCUT2D eigenvalue weighted by molar-refractivity contribution is 6.30. The lowest BCUT2D eigenvalue weighted by Crippen LogP contribution is -2.39. The molecule has 1 aliphatic heterocycles.